The Labute approximate surface area is 131 Å². The van der Waals surface area contributed by atoms with E-state index in [2.05, 4.69) is 17.6 Å². The molecule has 0 radical (unpaired) electrons. The van der Waals surface area contributed by atoms with E-state index in [0.29, 0.717) is 10.7 Å². The van der Waals surface area contributed by atoms with E-state index >= 15 is 0 Å². The molecule has 3 nitrogen and oxygen atoms in total. The molecule has 106 valence electrons. The molecular weight excluding hydrogens is 315 g/mol. The van der Waals surface area contributed by atoms with E-state index < -0.39 is 0 Å². The summed E-state index contributed by atoms with van der Waals surface area (Å²) in [6.07, 6.45) is 0. The van der Waals surface area contributed by atoms with Crippen molar-refractivity contribution in [2.24, 2.45) is 0 Å². The van der Waals surface area contributed by atoms with E-state index in [-0.39, 0.29) is 11.9 Å². The Hall–Kier alpha value is -1.23. The minimum atomic E-state index is -0.144. The van der Waals surface area contributed by atoms with Crippen LogP contribution in [0.25, 0.3) is 0 Å². The van der Waals surface area contributed by atoms with Gasteiger partial charge >= 0.3 is 0 Å². The predicted molar refractivity (Wildman–Crippen MR) is 87.1 cm³/mol. The van der Waals surface area contributed by atoms with Crippen molar-refractivity contribution in [2.75, 3.05) is 10.6 Å². The molecule has 0 aliphatic heterocycles. The molecule has 1 amide bonds. The van der Waals surface area contributed by atoms with Crippen molar-refractivity contribution in [1.82, 2.24) is 0 Å². The highest BCUT2D eigenvalue weighted by molar-refractivity contribution is 7.16. The molecule has 0 spiro atoms. The number of carbonyl (C=O) groups is 1. The zero-order chi connectivity index (χ0) is 14.7. The van der Waals surface area contributed by atoms with Crippen LogP contribution in [0, 0.1) is 0 Å². The molecule has 1 unspecified atom stereocenters. The van der Waals surface area contributed by atoms with Crippen LogP contribution in [-0.2, 0) is 4.79 Å². The van der Waals surface area contributed by atoms with Crippen molar-refractivity contribution in [1.29, 1.82) is 0 Å². The number of nitrogens with one attached hydrogen (secondary N) is 2. The molecule has 1 heterocycles. The minimum absolute atomic E-state index is 0.134. The summed E-state index contributed by atoms with van der Waals surface area (Å²) in [6, 6.07) is 9.46. The second-order valence-electron chi connectivity index (χ2n) is 4.38. The summed E-state index contributed by atoms with van der Waals surface area (Å²) < 4.78 is 0.771. The van der Waals surface area contributed by atoms with Crippen LogP contribution in [0.15, 0.2) is 30.3 Å². The van der Waals surface area contributed by atoms with Crippen LogP contribution in [0.2, 0.25) is 9.36 Å². The third-order valence-electron chi connectivity index (χ3n) is 2.68. The molecule has 6 heteroatoms. The van der Waals surface area contributed by atoms with Gasteiger partial charge in [0.25, 0.3) is 0 Å². The van der Waals surface area contributed by atoms with E-state index in [9.17, 15) is 4.79 Å². The van der Waals surface area contributed by atoms with E-state index in [1.54, 1.807) is 23.5 Å². The molecule has 0 aliphatic rings. The first-order chi connectivity index (χ1) is 9.45. The van der Waals surface area contributed by atoms with Gasteiger partial charge in [0.15, 0.2) is 0 Å². The fourth-order valence-corrected chi connectivity index (χ4v) is 3.07. The fraction of sp³-hybridized carbons (Fsp3) is 0.214. The van der Waals surface area contributed by atoms with Crippen LogP contribution in [0.1, 0.15) is 24.8 Å². The van der Waals surface area contributed by atoms with Gasteiger partial charge in [-0.3, -0.25) is 4.79 Å². The topological polar surface area (TPSA) is 41.1 Å². The highest BCUT2D eigenvalue weighted by Gasteiger charge is 2.09. The lowest BCUT2D eigenvalue weighted by molar-refractivity contribution is -0.114. The van der Waals surface area contributed by atoms with Gasteiger partial charge in [-0.05, 0) is 37.3 Å². The predicted octanol–water partition coefficient (Wildman–Crippen LogP) is 5.19. The van der Waals surface area contributed by atoms with Crippen molar-refractivity contribution in [3.63, 3.8) is 0 Å². The zero-order valence-electron chi connectivity index (χ0n) is 11.0. The summed E-state index contributed by atoms with van der Waals surface area (Å²) in [7, 11) is 0. The molecule has 0 saturated heterocycles. The summed E-state index contributed by atoms with van der Waals surface area (Å²) in [5.74, 6) is -0.144. The van der Waals surface area contributed by atoms with E-state index in [0.717, 1.165) is 14.9 Å². The summed E-state index contributed by atoms with van der Waals surface area (Å²) in [4.78, 5) is 12.2. The lowest BCUT2D eigenvalue weighted by Crippen LogP contribution is -2.07. The van der Waals surface area contributed by atoms with E-state index in [4.69, 9.17) is 23.2 Å². The Morgan fingerprint density at radius 3 is 2.55 bits per heavy atom. The molecule has 0 aliphatic carbocycles. The van der Waals surface area contributed by atoms with Gasteiger partial charge in [-0.1, -0.05) is 23.2 Å². The fourth-order valence-electron chi connectivity index (χ4n) is 1.78. The average Bonchev–Trinajstić information content (AvgIpc) is 2.79. The molecule has 0 fully saturated rings. The third-order valence-corrected chi connectivity index (χ3v) is 4.41. The standard InChI is InChI=1S/C14H14Cl2N2OS/c1-8(13-5-6-14(16)20-13)17-10-3-4-12(11(15)7-10)18-9(2)19/h3-8,17H,1-2H3,(H,18,19). The van der Waals surface area contributed by atoms with Crippen LogP contribution in [0.3, 0.4) is 0 Å². The molecule has 20 heavy (non-hydrogen) atoms. The first-order valence-electron chi connectivity index (χ1n) is 6.04. The maximum absolute atomic E-state index is 11.0. The Balaban J connectivity index is 2.10. The second kappa shape index (κ2) is 6.48. The van der Waals surface area contributed by atoms with Crippen molar-refractivity contribution >= 4 is 51.8 Å². The number of carbonyl (C=O) groups excluding carboxylic acids is 1. The number of hydrogen-bond acceptors (Lipinski definition) is 3. The Morgan fingerprint density at radius 2 is 2.00 bits per heavy atom. The van der Waals surface area contributed by atoms with Crippen molar-refractivity contribution in [3.05, 3.63) is 44.6 Å². The number of rotatable bonds is 4. The average molecular weight is 329 g/mol. The first-order valence-corrected chi connectivity index (χ1v) is 7.62. The number of halogens is 2. The maximum atomic E-state index is 11.0. The van der Waals surface area contributed by atoms with Crippen molar-refractivity contribution in [2.45, 2.75) is 19.9 Å². The SMILES string of the molecule is CC(=O)Nc1ccc(NC(C)c2ccc(Cl)s2)cc1Cl. The molecule has 1 aromatic carbocycles. The third kappa shape index (κ3) is 3.88. The Morgan fingerprint density at radius 1 is 1.25 bits per heavy atom. The van der Waals surface area contributed by atoms with Crippen molar-refractivity contribution in [3.8, 4) is 0 Å². The van der Waals surface area contributed by atoms with Gasteiger partial charge in [-0.2, -0.15) is 0 Å². The summed E-state index contributed by atoms with van der Waals surface area (Å²) in [5.41, 5.74) is 1.50. The molecule has 2 aromatic rings. The van der Waals surface area contributed by atoms with Crippen LogP contribution in [0.4, 0.5) is 11.4 Å². The molecule has 2 N–H and O–H groups in total. The Kier molecular flexibility index (Phi) is 4.91. The quantitative estimate of drug-likeness (QED) is 0.811. The molecule has 2 rings (SSSR count). The highest BCUT2D eigenvalue weighted by atomic mass is 35.5. The Bertz CT molecular complexity index is 627. The zero-order valence-corrected chi connectivity index (χ0v) is 13.4. The lowest BCUT2D eigenvalue weighted by Gasteiger charge is -2.15. The van der Waals surface area contributed by atoms with Gasteiger partial charge in [0.2, 0.25) is 5.91 Å². The molecular formula is C14H14Cl2N2OS. The number of amides is 1. The summed E-state index contributed by atoms with van der Waals surface area (Å²) in [6.45, 7) is 3.50. The van der Waals surface area contributed by atoms with Crippen LogP contribution in [0.5, 0.6) is 0 Å². The lowest BCUT2D eigenvalue weighted by atomic mass is 10.2. The van der Waals surface area contributed by atoms with Gasteiger partial charge < -0.3 is 10.6 Å². The molecule has 0 saturated carbocycles. The first kappa shape index (κ1) is 15.2. The smallest absolute Gasteiger partial charge is 0.221 e. The van der Waals surface area contributed by atoms with E-state index in [1.807, 2.05) is 18.2 Å². The maximum Gasteiger partial charge on any atom is 0.221 e. The normalized spacial score (nSPS) is 12.0. The van der Waals surface area contributed by atoms with Crippen LogP contribution < -0.4 is 10.6 Å². The van der Waals surface area contributed by atoms with Gasteiger partial charge in [-0.15, -0.1) is 11.3 Å². The van der Waals surface area contributed by atoms with Gasteiger partial charge in [-0.25, -0.2) is 0 Å². The largest absolute Gasteiger partial charge is 0.378 e. The summed E-state index contributed by atoms with van der Waals surface area (Å²) in [5, 5.41) is 6.52. The number of thiophene rings is 1. The monoisotopic (exact) mass is 328 g/mol. The van der Waals surface area contributed by atoms with Gasteiger partial charge in [0, 0.05) is 17.5 Å². The number of benzene rings is 1. The van der Waals surface area contributed by atoms with E-state index in [1.165, 1.54) is 6.92 Å². The summed E-state index contributed by atoms with van der Waals surface area (Å²) >= 11 is 13.6. The second-order valence-corrected chi connectivity index (χ2v) is 6.54. The molecule has 1 aromatic heterocycles. The number of anilines is 2. The highest BCUT2D eigenvalue weighted by Crippen LogP contribution is 2.31. The van der Waals surface area contributed by atoms with Crippen molar-refractivity contribution < 1.29 is 4.79 Å². The van der Waals surface area contributed by atoms with Crippen LogP contribution in [-0.4, -0.2) is 5.91 Å². The number of hydrogen-bond donors (Lipinski definition) is 2. The van der Waals surface area contributed by atoms with Gasteiger partial charge in [0.1, 0.15) is 0 Å². The molecule has 1 atom stereocenters. The minimum Gasteiger partial charge on any atom is -0.378 e. The van der Waals surface area contributed by atoms with Gasteiger partial charge in [0.05, 0.1) is 21.1 Å². The van der Waals surface area contributed by atoms with Crippen LogP contribution >= 0.6 is 34.5 Å². The molecule has 0 bridgehead atoms.